The van der Waals surface area contributed by atoms with Crippen LogP contribution in [-0.4, -0.2) is 74.9 Å². The van der Waals surface area contributed by atoms with Crippen molar-refractivity contribution in [1.82, 2.24) is 13.9 Å². The third-order valence-corrected chi connectivity index (χ3v) is 7.76. The van der Waals surface area contributed by atoms with Crippen LogP contribution in [0.25, 0.3) is 0 Å². The molecule has 1 aliphatic carbocycles. The molecule has 3 rings (SSSR count). The van der Waals surface area contributed by atoms with E-state index >= 15 is 0 Å². The van der Waals surface area contributed by atoms with E-state index in [2.05, 4.69) is 5.32 Å². The van der Waals surface area contributed by atoms with Gasteiger partial charge in [0.1, 0.15) is 0 Å². The first-order valence-corrected chi connectivity index (χ1v) is 10.8. The van der Waals surface area contributed by atoms with Crippen LogP contribution in [-0.2, 0) is 19.7 Å². The summed E-state index contributed by atoms with van der Waals surface area (Å²) in [5, 5.41) is 3.13. The summed E-state index contributed by atoms with van der Waals surface area (Å²) in [4.78, 5) is 12.5. The SMILES string of the molecule is NC[C@H]1CCC[C@H]1C(=O)NC1CCN(S(=O)(=O)N2CCOCC2)CC1. The summed E-state index contributed by atoms with van der Waals surface area (Å²) >= 11 is 0. The van der Waals surface area contributed by atoms with Crippen LogP contribution < -0.4 is 11.1 Å². The van der Waals surface area contributed by atoms with E-state index in [-0.39, 0.29) is 17.9 Å². The molecule has 1 amide bonds. The molecule has 8 nitrogen and oxygen atoms in total. The van der Waals surface area contributed by atoms with Gasteiger partial charge in [0, 0.05) is 38.1 Å². The number of hydrogen-bond donors (Lipinski definition) is 2. The van der Waals surface area contributed by atoms with E-state index in [1.54, 1.807) is 4.31 Å². The van der Waals surface area contributed by atoms with Crippen molar-refractivity contribution in [3.05, 3.63) is 0 Å². The highest BCUT2D eigenvalue weighted by atomic mass is 32.2. The average molecular weight is 375 g/mol. The minimum absolute atomic E-state index is 0.0279. The third kappa shape index (κ3) is 4.33. The fraction of sp³-hybridized carbons (Fsp3) is 0.938. The Morgan fingerprint density at radius 2 is 1.68 bits per heavy atom. The number of hydrogen-bond acceptors (Lipinski definition) is 5. The van der Waals surface area contributed by atoms with E-state index in [1.165, 1.54) is 4.31 Å². The normalized spacial score (nSPS) is 30.4. The zero-order chi connectivity index (χ0) is 17.9. The lowest BCUT2D eigenvalue weighted by Crippen LogP contribution is -2.53. The molecule has 0 aromatic rings. The number of morpholine rings is 1. The highest BCUT2D eigenvalue weighted by Gasteiger charge is 2.36. The predicted molar refractivity (Wildman–Crippen MR) is 93.9 cm³/mol. The van der Waals surface area contributed by atoms with Gasteiger partial charge in [-0.1, -0.05) is 6.42 Å². The maximum atomic E-state index is 12.7. The van der Waals surface area contributed by atoms with Gasteiger partial charge in [-0.05, 0) is 38.1 Å². The van der Waals surface area contributed by atoms with Gasteiger partial charge in [-0.25, -0.2) is 0 Å². The van der Waals surface area contributed by atoms with Gasteiger partial charge in [-0.2, -0.15) is 17.0 Å². The van der Waals surface area contributed by atoms with Crippen LogP contribution in [0.4, 0.5) is 0 Å². The van der Waals surface area contributed by atoms with E-state index in [1.807, 2.05) is 0 Å². The van der Waals surface area contributed by atoms with Crippen LogP contribution in [0, 0.1) is 11.8 Å². The molecule has 2 heterocycles. The quantitative estimate of drug-likeness (QED) is 0.676. The van der Waals surface area contributed by atoms with Crippen LogP contribution in [0.5, 0.6) is 0 Å². The van der Waals surface area contributed by atoms with E-state index in [0.717, 1.165) is 19.3 Å². The molecule has 0 aromatic carbocycles. The molecule has 0 bridgehead atoms. The zero-order valence-electron chi connectivity index (χ0n) is 14.7. The van der Waals surface area contributed by atoms with Gasteiger partial charge in [0.2, 0.25) is 5.91 Å². The summed E-state index contributed by atoms with van der Waals surface area (Å²) in [6.45, 7) is 3.22. The minimum Gasteiger partial charge on any atom is -0.379 e. The van der Waals surface area contributed by atoms with E-state index in [0.29, 0.717) is 64.7 Å². The Morgan fingerprint density at radius 1 is 1.04 bits per heavy atom. The minimum atomic E-state index is -3.41. The van der Waals surface area contributed by atoms with Crippen LogP contribution >= 0.6 is 0 Å². The lowest BCUT2D eigenvalue weighted by atomic mass is 9.94. The van der Waals surface area contributed by atoms with Gasteiger partial charge in [-0.3, -0.25) is 4.79 Å². The largest absolute Gasteiger partial charge is 0.379 e. The number of carbonyl (C=O) groups is 1. The van der Waals surface area contributed by atoms with Gasteiger partial charge in [0.15, 0.2) is 0 Å². The van der Waals surface area contributed by atoms with Gasteiger partial charge in [0.05, 0.1) is 13.2 Å². The highest BCUT2D eigenvalue weighted by Crippen LogP contribution is 2.31. The standard InChI is InChI=1S/C16H30N4O4S/c17-12-13-2-1-3-15(13)16(21)18-14-4-6-19(7-5-14)25(22,23)20-8-10-24-11-9-20/h13-15H,1-12,17H2,(H,18,21)/t13-,15-/m1/s1. The van der Waals surface area contributed by atoms with Crippen LogP contribution in [0.1, 0.15) is 32.1 Å². The van der Waals surface area contributed by atoms with Crippen molar-refractivity contribution in [2.24, 2.45) is 17.6 Å². The first-order chi connectivity index (χ1) is 12.0. The molecule has 3 N–H and O–H groups in total. The third-order valence-electron chi connectivity index (χ3n) is 5.72. The second kappa shape index (κ2) is 8.30. The number of nitrogens with two attached hydrogens (primary N) is 1. The monoisotopic (exact) mass is 374 g/mol. The van der Waals surface area contributed by atoms with Crippen molar-refractivity contribution in [1.29, 1.82) is 0 Å². The van der Waals surface area contributed by atoms with Crippen molar-refractivity contribution >= 4 is 16.1 Å². The number of carbonyl (C=O) groups excluding carboxylic acids is 1. The lowest BCUT2D eigenvalue weighted by Gasteiger charge is -2.36. The van der Waals surface area contributed by atoms with Crippen molar-refractivity contribution in [2.75, 3.05) is 45.9 Å². The van der Waals surface area contributed by atoms with Crippen LogP contribution in [0.2, 0.25) is 0 Å². The summed E-state index contributed by atoms with van der Waals surface area (Å²) in [6.07, 6.45) is 4.34. The molecule has 25 heavy (non-hydrogen) atoms. The van der Waals surface area contributed by atoms with E-state index < -0.39 is 10.2 Å². The first kappa shape index (κ1) is 19.0. The molecular weight excluding hydrogens is 344 g/mol. The molecule has 0 radical (unpaired) electrons. The fourth-order valence-corrected chi connectivity index (χ4v) is 5.75. The predicted octanol–water partition coefficient (Wildman–Crippen LogP) is -0.481. The molecule has 2 atom stereocenters. The smallest absolute Gasteiger partial charge is 0.282 e. The number of nitrogens with zero attached hydrogens (tertiary/aromatic N) is 2. The van der Waals surface area contributed by atoms with E-state index in [9.17, 15) is 13.2 Å². The number of piperidine rings is 1. The highest BCUT2D eigenvalue weighted by molar-refractivity contribution is 7.86. The molecule has 3 fully saturated rings. The van der Waals surface area contributed by atoms with Gasteiger partial charge < -0.3 is 15.8 Å². The Balaban J connectivity index is 1.49. The second-order valence-electron chi connectivity index (χ2n) is 7.23. The lowest BCUT2D eigenvalue weighted by molar-refractivity contribution is -0.126. The molecule has 3 aliphatic rings. The zero-order valence-corrected chi connectivity index (χ0v) is 15.5. The van der Waals surface area contributed by atoms with Crippen LogP contribution in [0.15, 0.2) is 0 Å². The summed E-state index contributed by atoms with van der Waals surface area (Å²) in [5.41, 5.74) is 5.77. The van der Waals surface area contributed by atoms with Crippen molar-refractivity contribution in [2.45, 2.75) is 38.1 Å². The Kier molecular flexibility index (Phi) is 6.32. The molecule has 0 unspecified atom stereocenters. The summed E-state index contributed by atoms with van der Waals surface area (Å²) < 4.78 is 33.6. The molecular formula is C16H30N4O4S. The maximum absolute atomic E-state index is 12.7. The second-order valence-corrected chi connectivity index (χ2v) is 9.16. The summed E-state index contributed by atoms with van der Waals surface area (Å²) in [7, 11) is -3.41. The van der Waals surface area contributed by atoms with Crippen molar-refractivity contribution < 1.29 is 17.9 Å². The molecule has 2 saturated heterocycles. The number of amides is 1. The van der Waals surface area contributed by atoms with Crippen molar-refractivity contribution in [3.8, 4) is 0 Å². The Labute approximate surface area is 150 Å². The molecule has 0 spiro atoms. The first-order valence-electron chi connectivity index (χ1n) is 9.36. The average Bonchev–Trinajstić information content (AvgIpc) is 3.12. The molecule has 9 heteroatoms. The molecule has 0 aromatic heterocycles. The Morgan fingerprint density at radius 3 is 2.32 bits per heavy atom. The van der Waals surface area contributed by atoms with Crippen molar-refractivity contribution in [3.63, 3.8) is 0 Å². The maximum Gasteiger partial charge on any atom is 0.282 e. The van der Waals surface area contributed by atoms with Gasteiger partial charge in [0.25, 0.3) is 10.2 Å². The Hall–Kier alpha value is -0.740. The topological polar surface area (TPSA) is 105 Å². The van der Waals surface area contributed by atoms with E-state index in [4.69, 9.17) is 10.5 Å². The number of rotatable bonds is 5. The van der Waals surface area contributed by atoms with Gasteiger partial charge in [-0.15, -0.1) is 0 Å². The molecule has 2 aliphatic heterocycles. The number of nitrogens with one attached hydrogen (secondary N) is 1. The number of ether oxygens (including phenoxy) is 1. The fourth-order valence-electron chi connectivity index (χ4n) is 4.14. The summed E-state index contributed by atoms with van der Waals surface area (Å²) in [5.74, 6) is 0.421. The molecule has 144 valence electrons. The summed E-state index contributed by atoms with van der Waals surface area (Å²) in [6, 6.07) is 0.0580. The van der Waals surface area contributed by atoms with Crippen LogP contribution in [0.3, 0.4) is 0 Å². The Bertz CT molecular complexity index is 556. The van der Waals surface area contributed by atoms with Gasteiger partial charge >= 0.3 is 0 Å². The molecule has 1 saturated carbocycles.